The van der Waals surface area contributed by atoms with Crippen molar-refractivity contribution in [1.29, 1.82) is 0 Å². The van der Waals surface area contributed by atoms with Gasteiger partial charge in [0.1, 0.15) is 6.61 Å². The molecule has 1 atom stereocenters. The van der Waals surface area contributed by atoms with Crippen molar-refractivity contribution in [1.82, 2.24) is 0 Å². The summed E-state index contributed by atoms with van der Waals surface area (Å²) >= 11 is 0. The molecular formula is C15H21NO5. The maximum absolute atomic E-state index is 11.6. The van der Waals surface area contributed by atoms with Gasteiger partial charge in [-0.2, -0.15) is 0 Å². The van der Waals surface area contributed by atoms with Gasteiger partial charge in [0.15, 0.2) is 0 Å². The second-order valence-corrected chi connectivity index (χ2v) is 4.71. The molecule has 0 fully saturated rings. The second kappa shape index (κ2) is 9.10. The summed E-state index contributed by atoms with van der Waals surface area (Å²) in [5.41, 5.74) is 1.58. The van der Waals surface area contributed by atoms with Crippen LogP contribution >= 0.6 is 0 Å². The number of hydrogen-bond acceptors (Lipinski definition) is 4. The normalized spacial score (nSPS) is 11.9. The van der Waals surface area contributed by atoms with E-state index in [9.17, 15) is 9.59 Å². The molecule has 0 aliphatic heterocycles. The Morgan fingerprint density at radius 3 is 2.48 bits per heavy atom. The highest BCUT2D eigenvalue weighted by molar-refractivity contribution is 5.91. The van der Waals surface area contributed by atoms with Crippen molar-refractivity contribution in [2.45, 2.75) is 19.3 Å². The van der Waals surface area contributed by atoms with Gasteiger partial charge >= 0.3 is 5.97 Å². The average molecular weight is 295 g/mol. The lowest BCUT2D eigenvalue weighted by Gasteiger charge is -2.11. The molecule has 6 nitrogen and oxygen atoms in total. The van der Waals surface area contributed by atoms with Gasteiger partial charge in [-0.15, -0.1) is 0 Å². The number of carbonyl (C=O) groups is 2. The zero-order valence-corrected chi connectivity index (χ0v) is 12.3. The lowest BCUT2D eigenvalue weighted by Crippen LogP contribution is -2.19. The van der Waals surface area contributed by atoms with Crippen LogP contribution in [0.25, 0.3) is 0 Å². The Morgan fingerprint density at radius 1 is 1.24 bits per heavy atom. The standard InChI is InChI=1S/C15H21NO5/c1-11(9-15(18)19)12-3-5-13(6-4-12)16-14(17)10-21-8-7-20-2/h3-6,11H,7-10H2,1-2H3,(H,16,17)(H,18,19). The van der Waals surface area contributed by atoms with E-state index in [1.165, 1.54) is 0 Å². The molecule has 0 aromatic heterocycles. The molecule has 1 rings (SSSR count). The predicted octanol–water partition coefficient (Wildman–Crippen LogP) is 1.87. The van der Waals surface area contributed by atoms with Gasteiger partial charge in [0.05, 0.1) is 19.6 Å². The van der Waals surface area contributed by atoms with Crippen LogP contribution in [0.4, 0.5) is 5.69 Å². The molecule has 1 aromatic carbocycles. The highest BCUT2D eigenvalue weighted by Gasteiger charge is 2.10. The lowest BCUT2D eigenvalue weighted by molar-refractivity contribution is -0.137. The number of carboxylic acids is 1. The highest BCUT2D eigenvalue weighted by atomic mass is 16.5. The number of amides is 1. The van der Waals surface area contributed by atoms with E-state index in [-0.39, 0.29) is 24.9 Å². The fourth-order valence-electron chi connectivity index (χ4n) is 1.78. The number of nitrogens with one attached hydrogen (secondary N) is 1. The number of carboxylic acid groups (broad SMARTS) is 1. The summed E-state index contributed by atoms with van der Waals surface area (Å²) in [6, 6.07) is 7.13. The Kier molecular flexibility index (Phi) is 7.42. The van der Waals surface area contributed by atoms with Crippen LogP contribution in [0.15, 0.2) is 24.3 Å². The first kappa shape index (κ1) is 17.1. The van der Waals surface area contributed by atoms with E-state index < -0.39 is 5.97 Å². The molecule has 1 aromatic rings. The third-order valence-corrected chi connectivity index (χ3v) is 2.91. The minimum absolute atomic E-state index is 0.0273. The third-order valence-electron chi connectivity index (χ3n) is 2.91. The maximum atomic E-state index is 11.6. The topological polar surface area (TPSA) is 84.9 Å². The molecule has 0 spiro atoms. The van der Waals surface area contributed by atoms with Gasteiger partial charge in [0.25, 0.3) is 0 Å². The number of rotatable bonds is 9. The molecule has 0 bridgehead atoms. The van der Waals surface area contributed by atoms with E-state index in [2.05, 4.69) is 5.32 Å². The minimum atomic E-state index is -0.826. The Bertz CT molecular complexity index is 458. The summed E-state index contributed by atoms with van der Waals surface area (Å²) in [6.45, 7) is 2.64. The molecule has 0 aliphatic carbocycles. The van der Waals surface area contributed by atoms with Gasteiger partial charge < -0.3 is 19.9 Å². The average Bonchev–Trinajstić information content (AvgIpc) is 2.43. The Balaban J connectivity index is 2.43. The lowest BCUT2D eigenvalue weighted by atomic mass is 9.98. The van der Waals surface area contributed by atoms with Gasteiger partial charge in [-0.1, -0.05) is 19.1 Å². The number of methoxy groups -OCH3 is 1. The molecule has 1 amide bonds. The molecule has 21 heavy (non-hydrogen) atoms. The Hall–Kier alpha value is -1.92. The van der Waals surface area contributed by atoms with E-state index in [0.717, 1.165) is 5.56 Å². The van der Waals surface area contributed by atoms with Crippen molar-refractivity contribution in [3.8, 4) is 0 Å². The SMILES string of the molecule is COCCOCC(=O)Nc1ccc(C(C)CC(=O)O)cc1. The molecule has 0 saturated heterocycles. The molecular weight excluding hydrogens is 274 g/mol. The summed E-state index contributed by atoms with van der Waals surface area (Å²) in [5, 5.41) is 11.5. The summed E-state index contributed by atoms with van der Waals surface area (Å²) in [4.78, 5) is 22.2. The van der Waals surface area contributed by atoms with Crippen molar-refractivity contribution in [2.75, 3.05) is 32.2 Å². The molecule has 116 valence electrons. The molecule has 0 aliphatic rings. The molecule has 6 heteroatoms. The number of benzene rings is 1. The monoisotopic (exact) mass is 295 g/mol. The first-order valence-corrected chi connectivity index (χ1v) is 6.71. The fraction of sp³-hybridized carbons (Fsp3) is 0.467. The van der Waals surface area contributed by atoms with Crippen molar-refractivity contribution < 1.29 is 24.2 Å². The number of ether oxygens (including phenoxy) is 2. The number of aliphatic carboxylic acids is 1. The summed E-state index contributed by atoms with van der Waals surface area (Å²) in [7, 11) is 1.57. The van der Waals surface area contributed by atoms with Gasteiger partial charge in [-0.05, 0) is 23.6 Å². The Morgan fingerprint density at radius 2 is 1.90 bits per heavy atom. The van der Waals surface area contributed by atoms with Crippen molar-refractivity contribution in [3.05, 3.63) is 29.8 Å². The van der Waals surface area contributed by atoms with E-state index in [4.69, 9.17) is 14.6 Å². The van der Waals surface area contributed by atoms with Crippen LogP contribution in [0.5, 0.6) is 0 Å². The van der Waals surface area contributed by atoms with Crippen molar-refractivity contribution in [3.63, 3.8) is 0 Å². The van der Waals surface area contributed by atoms with Gasteiger partial charge in [0.2, 0.25) is 5.91 Å². The number of anilines is 1. The van der Waals surface area contributed by atoms with Crippen LogP contribution in [-0.4, -0.2) is 43.9 Å². The zero-order chi connectivity index (χ0) is 15.7. The maximum Gasteiger partial charge on any atom is 0.303 e. The van der Waals surface area contributed by atoms with Gasteiger partial charge in [-0.25, -0.2) is 0 Å². The quantitative estimate of drug-likeness (QED) is 0.679. The largest absolute Gasteiger partial charge is 0.481 e. The second-order valence-electron chi connectivity index (χ2n) is 4.71. The van der Waals surface area contributed by atoms with Crippen LogP contribution in [0, 0.1) is 0 Å². The van der Waals surface area contributed by atoms with E-state index in [0.29, 0.717) is 18.9 Å². The van der Waals surface area contributed by atoms with Crippen LogP contribution < -0.4 is 5.32 Å². The van der Waals surface area contributed by atoms with Crippen LogP contribution in [0.1, 0.15) is 24.8 Å². The smallest absolute Gasteiger partial charge is 0.303 e. The molecule has 0 saturated carbocycles. The summed E-state index contributed by atoms with van der Waals surface area (Å²) in [5.74, 6) is -1.13. The molecule has 2 N–H and O–H groups in total. The minimum Gasteiger partial charge on any atom is -0.481 e. The number of hydrogen-bond donors (Lipinski definition) is 2. The predicted molar refractivity (Wildman–Crippen MR) is 78.4 cm³/mol. The molecule has 0 radical (unpaired) electrons. The van der Waals surface area contributed by atoms with Crippen LogP contribution in [0.2, 0.25) is 0 Å². The molecule has 0 heterocycles. The molecule has 1 unspecified atom stereocenters. The fourth-order valence-corrected chi connectivity index (χ4v) is 1.78. The zero-order valence-electron chi connectivity index (χ0n) is 12.3. The van der Waals surface area contributed by atoms with Crippen molar-refractivity contribution >= 4 is 17.6 Å². The first-order valence-electron chi connectivity index (χ1n) is 6.71. The first-order chi connectivity index (χ1) is 10.0. The Labute approximate surface area is 124 Å². The van der Waals surface area contributed by atoms with Crippen molar-refractivity contribution in [2.24, 2.45) is 0 Å². The van der Waals surface area contributed by atoms with E-state index >= 15 is 0 Å². The number of carbonyl (C=O) groups excluding carboxylic acids is 1. The van der Waals surface area contributed by atoms with E-state index in [1.807, 2.05) is 19.1 Å². The van der Waals surface area contributed by atoms with Crippen LogP contribution in [-0.2, 0) is 19.1 Å². The van der Waals surface area contributed by atoms with Crippen LogP contribution in [0.3, 0.4) is 0 Å². The highest BCUT2D eigenvalue weighted by Crippen LogP contribution is 2.20. The summed E-state index contributed by atoms with van der Waals surface area (Å²) < 4.78 is 9.92. The van der Waals surface area contributed by atoms with Gasteiger partial charge in [0, 0.05) is 12.8 Å². The summed E-state index contributed by atoms with van der Waals surface area (Å²) in [6.07, 6.45) is 0.0824. The third kappa shape index (κ3) is 6.87. The van der Waals surface area contributed by atoms with Gasteiger partial charge in [-0.3, -0.25) is 9.59 Å². The van der Waals surface area contributed by atoms with E-state index in [1.54, 1.807) is 19.2 Å².